The van der Waals surface area contributed by atoms with E-state index < -0.39 is 0 Å². The molecule has 0 atom stereocenters. The molecule has 0 radical (unpaired) electrons. The number of nitrogens with one attached hydrogen (secondary N) is 2. The maximum absolute atomic E-state index is 12.1. The summed E-state index contributed by atoms with van der Waals surface area (Å²) in [5, 5.41) is 9.46. The van der Waals surface area contributed by atoms with Gasteiger partial charge in [-0.3, -0.25) is 9.89 Å². The van der Waals surface area contributed by atoms with Gasteiger partial charge in [0.25, 0.3) is 5.91 Å². The van der Waals surface area contributed by atoms with Gasteiger partial charge in [-0.05, 0) is 25.0 Å². The summed E-state index contributed by atoms with van der Waals surface area (Å²) < 4.78 is 0. The van der Waals surface area contributed by atoms with Crippen molar-refractivity contribution in [2.75, 3.05) is 5.32 Å². The minimum atomic E-state index is -0.102. The molecule has 2 N–H and O–H groups in total. The fourth-order valence-corrected chi connectivity index (χ4v) is 1.70. The fourth-order valence-electron chi connectivity index (χ4n) is 1.70. The van der Waals surface area contributed by atoms with Crippen molar-refractivity contribution in [3.8, 4) is 0 Å². The zero-order valence-electron chi connectivity index (χ0n) is 9.95. The summed E-state index contributed by atoms with van der Waals surface area (Å²) in [5.41, 5.74) is 2.68. The molecule has 4 heteroatoms. The van der Waals surface area contributed by atoms with Gasteiger partial charge < -0.3 is 5.32 Å². The minimum absolute atomic E-state index is 0.102. The molecule has 88 valence electrons. The molecule has 1 aromatic heterocycles. The van der Waals surface area contributed by atoms with Crippen molar-refractivity contribution >= 4 is 11.7 Å². The van der Waals surface area contributed by atoms with Crippen LogP contribution in [0.4, 0.5) is 5.82 Å². The van der Waals surface area contributed by atoms with Gasteiger partial charge in [0.1, 0.15) is 5.82 Å². The molecule has 0 aliphatic carbocycles. The number of carbonyl (C=O) groups excluding carboxylic acids is 1. The van der Waals surface area contributed by atoms with Gasteiger partial charge in [0.05, 0.1) is 6.20 Å². The lowest BCUT2D eigenvalue weighted by molar-refractivity contribution is 0.102. The number of H-pyrrole nitrogens is 1. The van der Waals surface area contributed by atoms with E-state index in [1.165, 1.54) is 0 Å². The van der Waals surface area contributed by atoms with E-state index in [1.807, 2.05) is 38.1 Å². The number of aromatic nitrogens is 2. The van der Waals surface area contributed by atoms with Crippen molar-refractivity contribution in [2.24, 2.45) is 0 Å². The Bertz CT molecular complexity index is 531. The molecule has 0 saturated heterocycles. The van der Waals surface area contributed by atoms with E-state index in [0.29, 0.717) is 11.4 Å². The first kappa shape index (κ1) is 11.4. The molecule has 1 aromatic carbocycles. The number of carbonyl (C=O) groups is 1. The molecule has 0 unspecified atom stereocenters. The first-order valence-corrected chi connectivity index (χ1v) is 5.61. The summed E-state index contributed by atoms with van der Waals surface area (Å²) >= 11 is 0. The highest BCUT2D eigenvalue weighted by Crippen LogP contribution is 2.14. The van der Waals surface area contributed by atoms with Crippen LogP contribution in [0.15, 0.2) is 30.5 Å². The number of aromatic amines is 1. The Morgan fingerprint density at radius 2 is 2.18 bits per heavy atom. The zero-order chi connectivity index (χ0) is 12.3. The van der Waals surface area contributed by atoms with Crippen LogP contribution in [0, 0.1) is 6.92 Å². The average molecular weight is 229 g/mol. The Labute approximate surface area is 100 Å². The number of aryl methyl sites for hydroxylation is 2. The van der Waals surface area contributed by atoms with E-state index in [2.05, 4.69) is 15.5 Å². The maximum Gasteiger partial charge on any atom is 0.257 e. The first-order valence-electron chi connectivity index (χ1n) is 5.61. The number of hydrogen-bond acceptors (Lipinski definition) is 2. The molecule has 0 bridgehead atoms. The molecular weight excluding hydrogens is 214 g/mol. The normalized spacial score (nSPS) is 10.2. The van der Waals surface area contributed by atoms with E-state index in [9.17, 15) is 4.79 Å². The molecule has 0 saturated carbocycles. The molecule has 2 rings (SSSR count). The van der Waals surface area contributed by atoms with Crippen LogP contribution in [0.3, 0.4) is 0 Å². The third kappa shape index (κ3) is 2.36. The highest BCUT2D eigenvalue weighted by Gasteiger charge is 2.11. The minimum Gasteiger partial charge on any atom is -0.307 e. The Morgan fingerprint density at radius 1 is 1.41 bits per heavy atom. The number of benzene rings is 1. The fraction of sp³-hybridized carbons (Fsp3) is 0.231. The van der Waals surface area contributed by atoms with Crippen molar-refractivity contribution < 1.29 is 4.79 Å². The van der Waals surface area contributed by atoms with Gasteiger partial charge in [-0.1, -0.05) is 25.1 Å². The largest absolute Gasteiger partial charge is 0.307 e. The number of hydrogen-bond donors (Lipinski definition) is 2. The van der Waals surface area contributed by atoms with Gasteiger partial charge in [0.15, 0.2) is 0 Å². The van der Waals surface area contributed by atoms with Crippen molar-refractivity contribution in [3.05, 3.63) is 47.2 Å². The van der Waals surface area contributed by atoms with Gasteiger partial charge in [-0.25, -0.2) is 0 Å². The second-order valence-corrected chi connectivity index (χ2v) is 3.89. The zero-order valence-corrected chi connectivity index (χ0v) is 9.95. The summed E-state index contributed by atoms with van der Waals surface area (Å²) in [7, 11) is 0. The quantitative estimate of drug-likeness (QED) is 0.849. The first-order chi connectivity index (χ1) is 8.22. The molecule has 0 spiro atoms. The Morgan fingerprint density at radius 3 is 2.82 bits per heavy atom. The molecule has 17 heavy (non-hydrogen) atoms. The number of nitrogens with zero attached hydrogens (tertiary/aromatic N) is 1. The third-order valence-electron chi connectivity index (χ3n) is 2.71. The molecule has 2 aromatic rings. The predicted molar refractivity (Wildman–Crippen MR) is 67.1 cm³/mol. The average Bonchev–Trinajstić information content (AvgIpc) is 2.75. The van der Waals surface area contributed by atoms with Crippen molar-refractivity contribution in [2.45, 2.75) is 20.3 Å². The second-order valence-electron chi connectivity index (χ2n) is 3.89. The van der Waals surface area contributed by atoms with Crippen LogP contribution in [0.25, 0.3) is 0 Å². The van der Waals surface area contributed by atoms with Crippen LogP contribution in [0.2, 0.25) is 0 Å². The number of rotatable bonds is 3. The van der Waals surface area contributed by atoms with Crippen LogP contribution in [-0.2, 0) is 6.42 Å². The van der Waals surface area contributed by atoms with E-state index in [1.54, 1.807) is 6.20 Å². The summed E-state index contributed by atoms with van der Waals surface area (Å²) in [6, 6.07) is 7.61. The standard InChI is InChI=1S/C13H15N3O/c1-3-10-6-4-5-7-11(10)13(17)15-12-9(2)8-14-16-12/h4-8H,3H2,1-2H3,(H2,14,15,16,17). The smallest absolute Gasteiger partial charge is 0.257 e. The summed E-state index contributed by atoms with van der Waals surface area (Å²) in [6.07, 6.45) is 2.52. The van der Waals surface area contributed by atoms with E-state index in [-0.39, 0.29) is 5.91 Å². The lowest BCUT2D eigenvalue weighted by Gasteiger charge is -2.07. The Kier molecular flexibility index (Phi) is 3.23. The molecule has 1 amide bonds. The maximum atomic E-state index is 12.1. The molecular formula is C13H15N3O. The SMILES string of the molecule is CCc1ccccc1C(=O)Nc1[nH]ncc1C. The number of amides is 1. The second kappa shape index (κ2) is 4.82. The van der Waals surface area contributed by atoms with E-state index in [0.717, 1.165) is 17.5 Å². The van der Waals surface area contributed by atoms with Gasteiger partial charge in [0.2, 0.25) is 0 Å². The van der Waals surface area contributed by atoms with Crippen LogP contribution in [0.5, 0.6) is 0 Å². The molecule has 4 nitrogen and oxygen atoms in total. The Hall–Kier alpha value is -2.10. The molecule has 0 aliphatic heterocycles. The van der Waals surface area contributed by atoms with Gasteiger partial charge in [-0.15, -0.1) is 0 Å². The van der Waals surface area contributed by atoms with Crippen molar-refractivity contribution in [1.29, 1.82) is 0 Å². The van der Waals surface area contributed by atoms with Crippen LogP contribution in [0.1, 0.15) is 28.4 Å². The van der Waals surface area contributed by atoms with Gasteiger partial charge >= 0.3 is 0 Å². The molecule has 1 heterocycles. The predicted octanol–water partition coefficient (Wildman–Crippen LogP) is 2.53. The lowest BCUT2D eigenvalue weighted by Crippen LogP contribution is -2.14. The number of anilines is 1. The summed E-state index contributed by atoms with van der Waals surface area (Å²) in [6.45, 7) is 3.93. The van der Waals surface area contributed by atoms with E-state index in [4.69, 9.17) is 0 Å². The topological polar surface area (TPSA) is 57.8 Å². The van der Waals surface area contributed by atoms with Crippen molar-refractivity contribution in [3.63, 3.8) is 0 Å². The van der Waals surface area contributed by atoms with Crippen molar-refractivity contribution in [1.82, 2.24) is 10.2 Å². The third-order valence-corrected chi connectivity index (χ3v) is 2.71. The van der Waals surface area contributed by atoms with Crippen LogP contribution < -0.4 is 5.32 Å². The highest BCUT2D eigenvalue weighted by atomic mass is 16.1. The van der Waals surface area contributed by atoms with Crippen LogP contribution >= 0.6 is 0 Å². The highest BCUT2D eigenvalue weighted by molar-refractivity contribution is 6.05. The monoisotopic (exact) mass is 229 g/mol. The van der Waals surface area contributed by atoms with Gasteiger partial charge in [0, 0.05) is 11.1 Å². The van der Waals surface area contributed by atoms with Crippen LogP contribution in [-0.4, -0.2) is 16.1 Å². The van der Waals surface area contributed by atoms with E-state index >= 15 is 0 Å². The summed E-state index contributed by atoms with van der Waals surface area (Å²) in [4.78, 5) is 12.1. The molecule has 0 fully saturated rings. The summed E-state index contributed by atoms with van der Waals surface area (Å²) in [5.74, 6) is 0.552. The van der Waals surface area contributed by atoms with Gasteiger partial charge in [-0.2, -0.15) is 5.10 Å². The Balaban J connectivity index is 2.23. The molecule has 0 aliphatic rings. The lowest BCUT2D eigenvalue weighted by atomic mass is 10.0.